The van der Waals surface area contributed by atoms with E-state index >= 15 is 0 Å². The largest absolute Gasteiger partial charge is 0.494 e. The van der Waals surface area contributed by atoms with E-state index in [4.69, 9.17) is 4.74 Å². The van der Waals surface area contributed by atoms with Gasteiger partial charge in [0.25, 0.3) is 0 Å². The summed E-state index contributed by atoms with van der Waals surface area (Å²) in [5.74, 6) is 1.07. The van der Waals surface area contributed by atoms with Gasteiger partial charge in [0.1, 0.15) is 10.8 Å². The minimum atomic E-state index is 0.143. The summed E-state index contributed by atoms with van der Waals surface area (Å²) in [6, 6.07) is 8.24. The number of benzene rings is 1. The fourth-order valence-electron chi connectivity index (χ4n) is 3.18. The molecule has 152 valence electrons. The Kier molecular flexibility index (Phi) is 6.54. The minimum Gasteiger partial charge on any atom is -0.494 e. The Bertz CT molecular complexity index is 774. The monoisotopic (exact) mass is 402 g/mol. The van der Waals surface area contributed by atoms with E-state index in [1.165, 1.54) is 5.56 Å². The van der Waals surface area contributed by atoms with Gasteiger partial charge in [-0.1, -0.05) is 44.2 Å². The predicted octanol–water partition coefficient (Wildman–Crippen LogP) is 3.65. The summed E-state index contributed by atoms with van der Waals surface area (Å²) in [5.41, 5.74) is 1.43. The van der Waals surface area contributed by atoms with Gasteiger partial charge in [-0.25, -0.2) is 0 Å². The number of anilines is 1. The highest BCUT2D eigenvalue weighted by molar-refractivity contribution is 7.15. The Morgan fingerprint density at radius 3 is 2.36 bits per heavy atom. The van der Waals surface area contributed by atoms with Gasteiger partial charge < -0.3 is 14.5 Å². The molecule has 0 saturated carbocycles. The van der Waals surface area contributed by atoms with Crippen LogP contribution in [0, 0.1) is 6.92 Å². The van der Waals surface area contributed by atoms with Gasteiger partial charge in [-0.05, 0) is 36.5 Å². The third-order valence-electron chi connectivity index (χ3n) is 4.94. The van der Waals surface area contributed by atoms with Crippen molar-refractivity contribution >= 4 is 22.4 Å². The molecule has 7 heteroatoms. The molecule has 2 aromatic rings. The number of hydrogen-bond acceptors (Lipinski definition) is 6. The second-order valence-corrected chi connectivity index (χ2v) is 9.36. The van der Waals surface area contributed by atoms with Crippen LogP contribution in [0.2, 0.25) is 0 Å². The van der Waals surface area contributed by atoms with Gasteiger partial charge in [0.15, 0.2) is 0 Å². The van der Waals surface area contributed by atoms with Gasteiger partial charge in [0.2, 0.25) is 11.0 Å². The van der Waals surface area contributed by atoms with Crippen LogP contribution in [0.4, 0.5) is 5.13 Å². The molecule has 0 radical (unpaired) electrons. The number of rotatable bonds is 6. The minimum absolute atomic E-state index is 0.143. The highest BCUT2D eigenvalue weighted by Crippen LogP contribution is 2.24. The molecule has 1 aliphatic heterocycles. The first-order valence-corrected chi connectivity index (χ1v) is 10.7. The molecule has 2 heterocycles. The first-order valence-electron chi connectivity index (χ1n) is 9.89. The van der Waals surface area contributed by atoms with Gasteiger partial charge in [-0.15, -0.1) is 10.2 Å². The molecule has 0 spiro atoms. The standard InChI is InChI=1S/C21H30N4O2S/c1-16-22-23-20(28-16)25-13-11-24(12-14-25)19(26)6-5-15-27-18-9-7-17(8-10-18)21(2,3)4/h7-10H,5-6,11-15H2,1-4H3. The molecule has 1 fully saturated rings. The van der Waals surface area contributed by atoms with Crippen molar-refractivity contribution in [3.05, 3.63) is 34.8 Å². The lowest BCUT2D eigenvalue weighted by Crippen LogP contribution is -2.48. The molecule has 1 saturated heterocycles. The van der Waals surface area contributed by atoms with E-state index in [0.29, 0.717) is 13.0 Å². The van der Waals surface area contributed by atoms with Crippen molar-refractivity contribution in [2.75, 3.05) is 37.7 Å². The van der Waals surface area contributed by atoms with E-state index in [9.17, 15) is 4.79 Å². The fourth-order valence-corrected chi connectivity index (χ4v) is 3.92. The second-order valence-electron chi connectivity index (χ2n) is 8.20. The molecular formula is C21H30N4O2S. The number of nitrogens with zero attached hydrogens (tertiary/aromatic N) is 4. The van der Waals surface area contributed by atoms with Crippen molar-refractivity contribution in [2.45, 2.75) is 46.0 Å². The zero-order chi connectivity index (χ0) is 20.1. The van der Waals surface area contributed by atoms with Crippen LogP contribution >= 0.6 is 11.3 Å². The summed E-state index contributed by atoms with van der Waals surface area (Å²) in [7, 11) is 0. The molecule has 1 aliphatic rings. The Hall–Kier alpha value is -2.15. The Morgan fingerprint density at radius 1 is 1.11 bits per heavy atom. The van der Waals surface area contributed by atoms with Crippen molar-refractivity contribution in [3.63, 3.8) is 0 Å². The lowest BCUT2D eigenvalue weighted by molar-refractivity contribution is -0.131. The number of carbonyl (C=O) groups excluding carboxylic acids is 1. The quantitative estimate of drug-likeness (QED) is 0.690. The highest BCUT2D eigenvalue weighted by Gasteiger charge is 2.22. The smallest absolute Gasteiger partial charge is 0.222 e. The molecular weight excluding hydrogens is 372 g/mol. The van der Waals surface area contributed by atoms with Crippen LogP contribution in [0.15, 0.2) is 24.3 Å². The third kappa shape index (κ3) is 5.44. The molecule has 0 N–H and O–H groups in total. The summed E-state index contributed by atoms with van der Waals surface area (Å²) in [6.07, 6.45) is 1.26. The van der Waals surface area contributed by atoms with Gasteiger partial charge in [-0.2, -0.15) is 0 Å². The maximum absolute atomic E-state index is 12.4. The second kappa shape index (κ2) is 8.90. The Morgan fingerprint density at radius 2 is 1.79 bits per heavy atom. The number of amides is 1. The first kappa shape index (κ1) is 20.6. The number of aromatic nitrogens is 2. The summed E-state index contributed by atoms with van der Waals surface area (Å²) in [5, 5.41) is 10.2. The van der Waals surface area contributed by atoms with Gasteiger partial charge in [0, 0.05) is 32.6 Å². The predicted molar refractivity (Wildman–Crippen MR) is 113 cm³/mol. The van der Waals surface area contributed by atoms with Crippen LogP contribution in [-0.2, 0) is 10.2 Å². The molecule has 3 rings (SSSR count). The summed E-state index contributed by atoms with van der Waals surface area (Å²) >= 11 is 1.60. The maximum Gasteiger partial charge on any atom is 0.222 e. The van der Waals surface area contributed by atoms with Crippen LogP contribution in [0.3, 0.4) is 0 Å². The first-order chi connectivity index (χ1) is 13.3. The van der Waals surface area contributed by atoms with Crippen LogP contribution in [0.1, 0.15) is 44.2 Å². The fraction of sp³-hybridized carbons (Fsp3) is 0.571. The van der Waals surface area contributed by atoms with Crippen molar-refractivity contribution < 1.29 is 9.53 Å². The number of carbonyl (C=O) groups is 1. The molecule has 1 amide bonds. The molecule has 0 unspecified atom stereocenters. The molecule has 0 bridgehead atoms. The Balaban J connectivity index is 1.36. The highest BCUT2D eigenvalue weighted by atomic mass is 32.1. The summed E-state index contributed by atoms with van der Waals surface area (Å²) < 4.78 is 5.80. The number of ether oxygens (including phenoxy) is 1. The molecule has 0 atom stereocenters. The van der Waals surface area contributed by atoms with E-state index in [1.54, 1.807) is 11.3 Å². The van der Waals surface area contributed by atoms with Gasteiger partial charge >= 0.3 is 0 Å². The Labute approximate surface area is 171 Å². The molecule has 6 nitrogen and oxygen atoms in total. The summed E-state index contributed by atoms with van der Waals surface area (Å²) in [6.45, 7) is 12.2. The molecule has 28 heavy (non-hydrogen) atoms. The van der Waals surface area contributed by atoms with Crippen LogP contribution < -0.4 is 9.64 Å². The SMILES string of the molecule is Cc1nnc(N2CCN(C(=O)CCCOc3ccc(C(C)(C)C)cc3)CC2)s1. The summed E-state index contributed by atoms with van der Waals surface area (Å²) in [4.78, 5) is 16.6. The van der Waals surface area contributed by atoms with Crippen LogP contribution in [0.25, 0.3) is 0 Å². The average Bonchev–Trinajstić information content (AvgIpc) is 3.11. The molecule has 1 aromatic heterocycles. The van der Waals surface area contributed by atoms with Crippen molar-refractivity contribution in [2.24, 2.45) is 0 Å². The van der Waals surface area contributed by atoms with Crippen molar-refractivity contribution in [1.82, 2.24) is 15.1 Å². The molecule has 1 aromatic carbocycles. The van der Waals surface area contributed by atoms with Crippen LogP contribution in [0.5, 0.6) is 5.75 Å². The lowest BCUT2D eigenvalue weighted by atomic mass is 9.87. The van der Waals surface area contributed by atoms with E-state index in [-0.39, 0.29) is 11.3 Å². The van der Waals surface area contributed by atoms with Crippen LogP contribution in [-0.4, -0.2) is 53.8 Å². The average molecular weight is 403 g/mol. The topological polar surface area (TPSA) is 58.6 Å². The maximum atomic E-state index is 12.4. The zero-order valence-corrected chi connectivity index (χ0v) is 18.1. The number of aryl methyl sites for hydroxylation is 1. The van der Waals surface area contributed by atoms with Crippen molar-refractivity contribution in [1.29, 1.82) is 0 Å². The van der Waals surface area contributed by atoms with Gasteiger partial charge in [0.05, 0.1) is 6.61 Å². The normalized spacial score (nSPS) is 15.0. The number of piperazine rings is 1. The van der Waals surface area contributed by atoms with Gasteiger partial charge in [-0.3, -0.25) is 4.79 Å². The van der Waals surface area contributed by atoms with E-state index < -0.39 is 0 Å². The van der Waals surface area contributed by atoms with E-state index in [2.05, 4.69) is 48.0 Å². The zero-order valence-electron chi connectivity index (χ0n) is 17.3. The lowest BCUT2D eigenvalue weighted by Gasteiger charge is -2.34. The third-order valence-corrected chi connectivity index (χ3v) is 5.84. The van der Waals surface area contributed by atoms with E-state index in [0.717, 1.165) is 48.5 Å². The number of hydrogen-bond donors (Lipinski definition) is 0. The van der Waals surface area contributed by atoms with E-state index in [1.807, 2.05) is 24.0 Å². The molecule has 0 aliphatic carbocycles. The van der Waals surface area contributed by atoms with Crippen molar-refractivity contribution in [3.8, 4) is 5.75 Å².